The molecule has 1 N–H and O–H groups in total. The molecule has 7 heteroatoms. The molecule has 1 aliphatic carbocycles. The number of amides is 1. The van der Waals surface area contributed by atoms with E-state index in [1.165, 1.54) is 18.4 Å². The van der Waals surface area contributed by atoms with Crippen LogP contribution in [0.1, 0.15) is 43.6 Å². The quantitative estimate of drug-likeness (QED) is 0.577. The summed E-state index contributed by atoms with van der Waals surface area (Å²) in [6, 6.07) is 14.0. The summed E-state index contributed by atoms with van der Waals surface area (Å²) >= 11 is 0. The Hall–Kier alpha value is -2.77. The standard InChI is InChI=1S/C27H34N2O5/c1-32-26-17-21(8-11-24(26)33-16-15-28-13-2-3-22(28)18-30)29-14-12-25(27(29)31)34-23-9-6-20(7-10-23)19-4-5-19/h6-11,17,19,22,25,30H,2-5,12-16,18H2,1H3/t22-,25-/m1/s1. The van der Waals surface area contributed by atoms with Gasteiger partial charge in [0.1, 0.15) is 12.4 Å². The molecule has 0 radical (unpaired) electrons. The van der Waals surface area contributed by atoms with E-state index in [0.29, 0.717) is 37.0 Å². The van der Waals surface area contributed by atoms with Crippen LogP contribution in [-0.2, 0) is 4.79 Å². The lowest BCUT2D eigenvalue weighted by molar-refractivity contribution is -0.122. The first-order chi connectivity index (χ1) is 16.7. The number of rotatable bonds is 10. The smallest absolute Gasteiger partial charge is 0.268 e. The van der Waals surface area contributed by atoms with Gasteiger partial charge in [0.2, 0.25) is 0 Å². The van der Waals surface area contributed by atoms with Gasteiger partial charge in [-0.3, -0.25) is 9.69 Å². The van der Waals surface area contributed by atoms with Gasteiger partial charge in [0.25, 0.3) is 5.91 Å². The molecule has 2 aromatic rings. The summed E-state index contributed by atoms with van der Waals surface area (Å²) in [7, 11) is 1.61. The maximum absolute atomic E-state index is 13.1. The second-order valence-electron chi connectivity index (χ2n) is 9.43. The number of hydrogen-bond donors (Lipinski definition) is 1. The lowest BCUT2D eigenvalue weighted by Crippen LogP contribution is -2.35. The molecule has 182 valence electrons. The molecule has 34 heavy (non-hydrogen) atoms. The van der Waals surface area contributed by atoms with E-state index in [9.17, 15) is 9.90 Å². The molecule has 2 aliphatic heterocycles. The molecule has 1 amide bonds. The number of likely N-dealkylation sites (tertiary alicyclic amines) is 1. The van der Waals surface area contributed by atoms with Crippen molar-refractivity contribution in [1.29, 1.82) is 0 Å². The van der Waals surface area contributed by atoms with Gasteiger partial charge < -0.3 is 24.2 Å². The predicted molar refractivity (Wildman–Crippen MR) is 130 cm³/mol. The molecule has 5 rings (SSSR count). The van der Waals surface area contributed by atoms with Crippen LogP contribution >= 0.6 is 0 Å². The van der Waals surface area contributed by atoms with Crippen LogP contribution in [0.5, 0.6) is 17.2 Å². The van der Waals surface area contributed by atoms with Gasteiger partial charge in [0.15, 0.2) is 17.6 Å². The third kappa shape index (κ3) is 5.00. The number of carbonyl (C=O) groups is 1. The number of ether oxygens (including phenoxy) is 3. The highest BCUT2D eigenvalue weighted by Crippen LogP contribution is 2.40. The van der Waals surface area contributed by atoms with Crippen LogP contribution in [0.25, 0.3) is 0 Å². The topological polar surface area (TPSA) is 71.5 Å². The Morgan fingerprint density at radius 1 is 1.00 bits per heavy atom. The highest BCUT2D eigenvalue weighted by Gasteiger charge is 2.35. The fraction of sp³-hybridized carbons (Fsp3) is 0.519. The summed E-state index contributed by atoms with van der Waals surface area (Å²) in [5, 5.41) is 9.48. The van der Waals surface area contributed by atoms with Crippen LogP contribution < -0.4 is 19.1 Å². The zero-order valence-corrected chi connectivity index (χ0v) is 19.8. The second-order valence-corrected chi connectivity index (χ2v) is 9.43. The summed E-state index contributed by atoms with van der Waals surface area (Å²) in [6.45, 7) is 3.07. The highest BCUT2D eigenvalue weighted by atomic mass is 16.5. The maximum Gasteiger partial charge on any atom is 0.268 e. The van der Waals surface area contributed by atoms with Gasteiger partial charge in [0.05, 0.1) is 13.7 Å². The molecule has 2 heterocycles. The minimum atomic E-state index is -0.478. The third-order valence-corrected chi connectivity index (χ3v) is 7.17. The summed E-state index contributed by atoms with van der Waals surface area (Å²) in [5.41, 5.74) is 2.14. The SMILES string of the molecule is COc1cc(N2CC[C@@H](Oc3ccc(C4CC4)cc3)C2=O)ccc1OCCN1CCC[C@@H]1CO. The van der Waals surface area contributed by atoms with E-state index in [-0.39, 0.29) is 18.6 Å². The number of hydrogen-bond acceptors (Lipinski definition) is 6. The Labute approximate surface area is 201 Å². The summed E-state index contributed by atoms with van der Waals surface area (Å²) in [6.07, 6.45) is 4.86. The van der Waals surface area contributed by atoms with E-state index >= 15 is 0 Å². The fourth-order valence-electron chi connectivity index (χ4n) is 5.03. The van der Waals surface area contributed by atoms with Gasteiger partial charge in [0, 0.05) is 37.3 Å². The average Bonchev–Trinajstić information content (AvgIpc) is 3.52. The Kier molecular flexibility index (Phi) is 6.92. The van der Waals surface area contributed by atoms with E-state index in [2.05, 4.69) is 17.0 Å². The number of anilines is 1. The maximum atomic E-state index is 13.1. The number of benzene rings is 2. The average molecular weight is 467 g/mol. The molecular formula is C27H34N2O5. The van der Waals surface area contributed by atoms with Crippen molar-refractivity contribution in [2.75, 3.05) is 44.9 Å². The predicted octanol–water partition coefficient (Wildman–Crippen LogP) is 3.59. The van der Waals surface area contributed by atoms with E-state index in [4.69, 9.17) is 14.2 Å². The Balaban J connectivity index is 1.18. The minimum absolute atomic E-state index is 0.0360. The Morgan fingerprint density at radius 3 is 2.56 bits per heavy atom. The van der Waals surface area contributed by atoms with Crippen LogP contribution in [0.15, 0.2) is 42.5 Å². The lowest BCUT2D eigenvalue weighted by atomic mass is 10.1. The molecule has 2 saturated heterocycles. The normalized spacial score (nSPS) is 22.9. The molecule has 7 nitrogen and oxygen atoms in total. The van der Waals surface area contributed by atoms with Crippen molar-refractivity contribution in [2.24, 2.45) is 0 Å². The van der Waals surface area contributed by atoms with Crippen molar-refractivity contribution < 1.29 is 24.1 Å². The lowest BCUT2D eigenvalue weighted by Gasteiger charge is -2.23. The van der Waals surface area contributed by atoms with Crippen molar-refractivity contribution >= 4 is 11.6 Å². The summed E-state index contributed by atoms with van der Waals surface area (Å²) < 4.78 is 17.6. The van der Waals surface area contributed by atoms with Gasteiger partial charge in [-0.2, -0.15) is 0 Å². The van der Waals surface area contributed by atoms with E-state index in [1.54, 1.807) is 12.0 Å². The Bertz CT molecular complexity index is 991. The van der Waals surface area contributed by atoms with Crippen LogP contribution in [0.3, 0.4) is 0 Å². The van der Waals surface area contributed by atoms with Crippen LogP contribution in [-0.4, -0.2) is 68.0 Å². The molecule has 3 aliphatic rings. The molecular weight excluding hydrogens is 432 g/mol. The third-order valence-electron chi connectivity index (χ3n) is 7.17. The molecule has 0 bridgehead atoms. The highest BCUT2D eigenvalue weighted by molar-refractivity contribution is 5.99. The van der Waals surface area contributed by atoms with Gasteiger partial charge in [-0.25, -0.2) is 0 Å². The van der Waals surface area contributed by atoms with Gasteiger partial charge in [-0.1, -0.05) is 12.1 Å². The van der Waals surface area contributed by atoms with Crippen molar-refractivity contribution in [3.8, 4) is 17.2 Å². The Morgan fingerprint density at radius 2 is 1.82 bits per heavy atom. The van der Waals surface area contributed by atoms with Crippen molar-refractivity contribution in [3.05, 3.63) is 48.0 Å². The zero-order valence-electron chi connectivity index (χ0n) is 19.8. The van der Waals surface area contributed by atoms with Gasteiger partial charge in [-0.15, -0.1) is 0 Å². The monoisotopic (exact) mass is 466 g/mol. The molecule has 2 aromatic carbocycles. The first-order valence-electron chi connectivity index (χ1n) is 12.4. The number of aliphatic hydroxyl groups excluding tert-OH is 1. The first kappa shape index (κ1) is 23.0. The van der Waals surface area contributed by atoms with Crippen LogP contribution in [0.2, 0.25) is 0 Å². The summed E-state index contributed by atoms with van der Waals surface area (Å²) in [4.78, 5) is 17.1. The zero-order chi connectivity index (χ0) is 23.5. The molecule has 0 spiro atoms. The largest absolute Gasteiger partial charge is 0.493 e. The minimum Gasteiger partial charge on any atom is -0.493 e. The fourth-order valence-corrected chi connectivity index (χ4v) is 5.03. The van der Waals surface area contributed by atoms with E-state index < -0.39 is 6.10 Å². The number of carbonyl (C=O) groups excluding carboxylic acids is 1. The molecule has 2 atom stereocenters. The first-order valence-corrected chi connectivity index (χ1v) is 12.4. The van der Waals surface area contributed by atoms with E-state index in [0.717, 1.165) is 37.4 Å². The van der Waals surface area contributed by atoms with Crippen LogP contribution in [0, 0.1) is 0 Å². The number of nitrogens with zero attached hydrogens (tertiary/aromatic N) is 2. The second kappa shape index (κ2) is 10.2. The van der Waals surface area contributed by atoms with Gasteiger partial charge in [-0.05, 0) is 68.0 Å². The summed E-state index contributed by atoms with van der Waals surface area (Å²) in [5.74, 6) is 2.67. The molecule has 0 unspecified atom stereocenters. The van der Waals surface area contributed by atoms with Crippen molar-refractivity contribution in [2.45, 2.75) is 50.2 Å². The van der Waals surface area contributed by atoms with E-state index in [1.807, 2.05) is 30.3 Å². The number of aliphatic hydroxyl groups is 1. The number of methoxy groups -OCH3 is 1. The molecule has 0 aromatic heterocycles. The molecule has 3 fully saturated rings. The molecule has 1 saturated carbocycles. The van der Waals surface area contributed by atoms with Crippen LogP contribution in [0.4, 0.5) is 5.69 Å². The van der Waals surface area contributed by atoms with Crippen molar-refractivity contribution in [1.82, 2.24) is 4.90 Å². The van der Waals surface area contributed by atoms with Crippen molar-refractivity contribution in [3.63, 3.8) is 0 Å². The van der Waals surface area contributed by atoms with Gasteiger partial charge >= 0.3 is 0 Å².